The first-order valence-corrected chi connectivity index (χ1v) is 9.93. The quantitative estimate of drug-likeness (QED) is 0.779. The third-order valence-corrected chi connectivity index (χ3v) is 5.79. The number of imide groups is 1. The summed E-state index contributed by atoms with van der Waals surface area (Å²) >= 11 is 0.812. The number of amides is 3. The maximum Gasteiger partial charge on any atom is 0.337 e. The minimum Gasteiger partial charge on any atom is -0.478 e. The molecule has 0 aromatic heterocycles. The second-order valence-electron chi connectivity index (χ2n) is 6.55. The molecule has 3 amide bonds. The van der Waals surface area contributed by atoms with Crippen LogP contribution in [0.4, 0.5) is 16.2 Å². The topological polar surface area (TPSA) is 95.0 Å². The summed E-state index contributed by atoms with van der Waals surface area (Å²) in [5.74, 6) is -2.04. The Labute approximate surface area is 172 Å². The molecule has 1 heterocycles. The molecule has 7 nitrogen and oxygen atoms in total. The summed E-state index contributed by atoms with van der Waals surface area (Å²) in [6, 6.07) is 13.3. The van der Waals surface area contributed by atoms with Crippen LogP contribution in [-0.4, -0.2) is 40.4 Å². The predicted octanol–water partition coefficient (Wildman–Crippen LogP) is 3.57. The van der Waals surface area contributed by atoms with Crippen LogP contribution in [0.1, 0.15) is 29.3 Å². The molecule has 0 saturated carbocycles. The van der Waals surface area contributed by atoms with Gasteiger partial charge in [-0.1, -0.05) is 31.2 Å². The Hall–Kier alpha value is -3.13. The molecule has 0 radical (unpaired) electrons. The Kier molecular flexibility index (Phi) is 6.03. The summed E-state index contributed by atoms with van der Waals surface area (Å²) < 4.78 is 0. The second kappa shape index (κ2) is 8.48. The molecule has 0 spiro atoms. The van der Waals surface area contributed by atoms with E-state index in [0.29, 0.717) is 5.69 Å². The van der Waals surface area contributed by atoms with Crippen LogP contribution in [-0.2, 0) is 16.0 Å². The molecule has 0 bridgehead atoms. The smallest absolute Gasteiger partial charge is 0.337 e. The molecule has 1 N–H and O–H groups in total. The highest BCUT2D eigenvalue weighted by molar-refractivity contribution is 8.15. The van der Waals surface area contributed by atoms with Crippen molar-refractivity contribution in [1.82, 2.24) is 0 Å². The molecule has 1 aliphatic heterocycles. The van der Waals surface area contributed by atoms with E-state index in [1.165, 1.54) is 24.1 Å². The van der Waals surface area contributed by atoms with Gasteiger partial charge in [-0.25, -0.2) is 9.69 Å². The number of para-hydroxylation sites is 1. The zero-order valence-electron chi connectivity index (χ0n) is 16.0. The number of aryl methyl sites for hydroxylation is 1. The number of carbonyl (C=O) groups is 4. The van der Waals surface area contributed by atoms with Crippen LogP contribution < -0.4 is 9.80 Å². The molecular weight excluding hydrogens is 392 g/mol. The average molecular weight is 412 g/mol. The highest BCUT2D eigenvalue weighted by Crippen LogP contribution is 2.34. The summed E-state index contributed by atoms with van der Waals surface area (Å²) in [6.45, 7) is 2.01. The lowest BCUT2D eigenvalue weighted by atomic mass is 10.1. The van der Waals surface area contributed by atoms with Crippen LogP contribution in [0.15, 0.2) is 48.5 Å². The summed E-state index contributed by atoms with van der Waals surface area (Å²) in [7, 11) is 1.46. The number of carbonyl (C=O) groups excluding carboxylic acids is 3. The lowest BCUT2D eigenvalue weighted by Crippen LogP contribution is -2.35. The van der Waals surface area contributed by atoms with E-state index in [1.807, 2.05) is 19.1 Å². The van der Waals surface area contributed by atoms with Gasteiger partial charge in [0.15, 0.2) is 0 Å². The predicted molar refractivity (Wildman–Crippen MR) is 112 cm³/mol. The van der Waals surface area contributed by atoms with Crippen LogP contribution in [0.3, 0.4) is 0 Å². The number of aromatic carboxylic acids is 1. The summed E-state index contributed by atoms with van der Waals surface area (Å²) in [4.78, 5) is 51.5. The minimum absolute atomic E-state index is 0.0116. The molecule has 0 aliphatic carbocycles. The first kappa shape index (κ1) is 20.6. The minimum atomic E-state index is -1.15. The van der Waals surface area contributed by atoms with Gasteiger partial charge >= 0.3 is 5.97 Å². The van der Waals surface area contributed by atoms with Crippen molar-refractivity contribution >= 4 is 46.2 Å². The van der Waals surface area contributed by atoms with Crippen LogP contribution in [0.25, 0.3) is 0 Å². The van der Waals surface area contributed by atoms with E-state index in [-0.39, 0.29) is 17.7 Å². The molecule has 1 atom stereocenters. The van der Waals surface area contributed by atoms with Gasteiger partial charge < -0.3 is 10.0 Å². The number of benzene rings is 2. The van der Waals surface area contributed by atoms with Gasteiger partial charge in [0.25, 0.3) is 5.24 Å². The molecule has 150 valence electrons. The van der Waals surface area contributed by atoms with Gasteiger partial charge in [0.05, 0.1) is 16.9 Å². The monoisotopic (exact) mass is 412 g/mol. The van der Waals surface area contributed by atoms with Crippen molar-refractivity contribution < 1.29 is 24.3 Å². The van der Waals surface area contributed by atoms with Crippen LogP contribution in [0.2, 0.25) is 0 Å². The maximum atomic E-state index is 12.8. The molecule has 29 heavy (non-hydrogen) atoms. The maximum absolute atomic E-state index is 12.8. The molecular formula is C21H20N2O5S. The summed E-state index contributed by atoms with van der Waals surface area (Å²) in [6.07, 6.45) is 0.640. The largest absolute Gasteiger partial charge is 0.478 e. The van der Waals surface area contributed by atoms with E-state index in [4.69, 9.17) is 0 Å². The average Bonchev–Trinajstić information content (AvgIpc) is 3.00. The lowest BCUT2D eigenvalue weighted by molar-refractivity contribution is -0.122. The Bertz CT molecular complexity index is 973. The normalized spacial score (nSPS) is 16.2. The van der Waals surface area contributed by atoms with E-state index >= 15 is 0 Å². The fourth-order valence-electron chi connectivity index (χ4n) is 3.08. The van der Waals surface area contributed by atoms with Crippen molar-refractivity contribution in [2.45, 2.75) is 25.0 Å². The number of rotatable bonds is 6. The first-order chi connectivity index (χ1) is 13.8. The standard InChI is InChI=1S/C21H20N2O5S/c1-3-13-8-10-14(11-9-13)23-19(25)17(29-21(23)28)12-18(24)22(2)16-7-5-4-6-15(16)20(26)27/h4-11,17H,3,12H2,1-2H3,(H,26,27). The summed E-state index contributed by atoms with van der Waals surface area (Å²) in [5, 5.41) is 8.04. The van der Waals surface area contributed by atoms with Gasteiger partial charge in [0.2, 0.25) is 11.8 Å². The fourth-order valence-corrected chi connectivity index (χ4v) is 4.05. The van der Waals surface area contributed by atoms with Gasteiger partial charge in [-0.3, -0.25) is 14.4 Å². The van der Waals surface area contributed by atoms with Gasteiger partial charge in [0, 0.05) is 13.5 Å². The van der Waals surface area contributed by atoms with Gasteiger partial charge in [0.1, 0.15) is 5.25 Å². The Morgan fingerprint density at radius 3 is 2.38 bits per heavy atom. The molecule has 2 aromatic rings. The number of anilines is 2. The number of carboxylic acids is 1. The van der Waals surface area contributed by atoms with Crippen LogP contribution in [0.5, 0.6) is 0 Å². The molecule has 1 unspecified atom stereocenters. The SMILES string of the molecule is CCc1ccc(N2C(=O)SC(CC(=O)N(C)c3ccccc3C(=O)O)C2=O)cc1. The van der Waals surface area contributed by atoms with E-state index in [1.54, 1.807) is 24.3 Å². The molecule has 8 heteroatoms. The van der Waals surface area contributed by atoms with Crippen molar-refractivity contribution in [1.29, 1.82) is 0 Å². The molecule has 3 rings (SSSR count). The Balaban J connectivity index is 1.75. The zero-order chi connectivity index (χ0) is 21.1. The van der Waals surface area contributed by atoms with E-state index < -0.39 is 28.3 Å². The highest BCUT2D eigenvalue weighted by Gasteiger charge is 2.42. The van der Waals surface area contributed by atoms with Gasteiger partial charge in [-0.15, -0.1) is 0 Å². The van der Waals surface area contributed by atoms with Crippen molar-refractivity contribution in [3.05, 3.63) is 59.7 Å². The number of carboxylic acid groups (broad SMARTS) is 1. The van der Waals surface area contributed by atoms with Gasteiger partial charge in [-0.2, -0.15) is 0 Å². The van der Waals surface area contributed by atoms with Crippen molar-refractivity contribution in [2.24, 2.45) is 0 Å². The number of hydrogen-bond donors (Lipinski definition) is 1. The second-order valence-corrected chi connectivity index (χ2v) is 7.70. The third kappa shape index (κ3) is 4.17. The molecule has 2 aromatic carbocycles. The molecule has 1 fully saturated rings. The van der Waals surface area contributed by atoms with E-state index in [2.05, 4.69) is 0 Å². The third-order valence-electron chi connectivity index (χ3n) is 4.75. The molecule has 1 saturated heterocycles. The number of thioether (sulfide) groups is 1. The highest BCUT2D eigenvalue weighted by atomic mass is 32.2. The fraction of sp³-hybridized carbons (Fsp3) is 0.238. The Morgan fingerprint density at radius 2 is 1.76 bits per heavy atom. The lowest BCUT2D eigenvalue weighted by Gasteiger charge is -2.20. The van der Waals surface area contributed by atoms with Crippen molar-refractivity contribution in [3.63, 3.8) is 0 Å². The van der Waals surface area contributed by atoms with E-state index in [9.17, 15) is 24.3 Å². The van der Waals surface area contributed by atoms with Crippen LogP contribution in [0, 0.1) is 0 Å². The van der Waals surface area contributed by atoms with Crippen molar-refractivity contribution in [3.8, 4) is 0 Å². The molecule has 1 aliphatic rings. The van der Waals surface area contributed by atoms with E-state index in [0.717, 1.165) is 28.6 Å². The first-order valence-electron chi connectivity index (χ1n) is 9.06. The number of nitrogens with zero attached hydrogens (tertiary/aromatic N) is 2. The van der Waals surface area contributed by atoms with Crippen LogP contribution >= 0.6 is 11.8 Å². The number of hydrogen-bond acceptors (Lipinski definition) is 5. The zero-order valence-corrected chi connectivity index (χ0v) is 16.8. The Morgan fingerprint density at radius 1 is 1.10 bits per heavy atom. The van der Waals surface area contributed by atoms with Gasteiger partial charge in [-0.05, 0) is 48.0 Å². The summed E-state index contributed by atoms with van der Waals surface area (Å²) in [5.41, 5.74) is 1.79. The van der Waals surface area contributed by atoms with Crippen molar-refractivity contribution in [2.75, 3.05) is 16.8 Å².